The summed E-state index contributed by atoms with van der Waals surface area (Å²) < 4.78 is 44.0. The number of carbonyl (C=O) groups is 1. The number of aliphatic hydroxyl groups excluding tert-OH is 1. The number of carbonyl (C=O) groups excluding carboxylic acids is 1. The lowest BCUT2D eigenvalue weighted by molar-refractivity contribution is -0.148. The number of nitrogens with one attached hydrogen (secondary N) is 1. The molecule has 1 aliphatic rings. The number of hydrogen-bond donors (Lipinski definition) is 4. The summed E-state index contributed by atoms with van der Waals surface area (Å²) in [5, 5.41) is 26.9. The number of benzene rings is 2. The minimum atomic E-state index is -4.35. The maximum absolute atomic E-state index is 14.2. The van der Waals surface area contributed by atoms with Crippen molar-refractivity contribution < 1.29 is 42.8 Å². The van der Waals surface area contributed by atoms with Crippen molar-refractivity contribution in [2.75, 3.05) is 26.1 Å². The lowest BCUT2D eigenvalue weighted by atomic mass is 9.96. The third kappa shape index (κ3) is 7.09. The Morgan fingerprint density at radius 2 is 1.93 bits per heavy atom. The van der Waals surface area contributed by atoms with Crippen LogP contribution in [0.1, 0.15) is 40.8 Å². The maximum Gasteiger partial charge on any atom is 0.459 e. The highest BCUT2D eigenvalue weighted by Crippen LogP contribution is 2.47. The fraction of sp³-hybridized carbons (Fsp3) is 0.467. The number of rotatable bonds is 11. The molecule has 16 heteroatoms. The molecule has 1 unspecified atom stereocenters. The molecule has 0 saturated carbocycles. The van der Waals surface area contributed by atoms with Crippen LogP contribution in [0.5, 0.6) is 11.6 Å². The van der Waals surface area contributed by atoms with Gasteiger partial charge >= 0.3 is 13.7 Å². The highest BCUT2D eigenvalue weighted by Gasteiger charge is 2.54. The molecule has 5 N–H and O–H groups in total. The molecule has 1 fully saturated rings. The molecule has 46 heavy (non-hydrogen) atoms. The van der Waals surface area contributed by atoms with Crippen molar-refractivity contribution in [2.24, 2.45) is 5.41 Å². The molecule has 0 amide bonds. The molecule has 1 saturated heterocycles. The molecule has 15 nitrogen and oxygen atoms in total. The summed E-state index contributed by atoms with van der Waals surface area (Å²) in [6.45, 7) is 8.20. The molecule has 0 spiro atoms. The maximum atomic E-state index is 14.2. The van der Waals surface area contributed by atoms with Gasteiger partial charge in [-0.05, 0) is 42.2 Å². The molecule has 2 aromatic heterocycles. The van der Waals surface area contributed by atoms with Crippen molar-refractivity contribution in [1.82, 2.24) is 24.6 Å². The van der Waals surface area contributed by atoms with Crippen LogP contribution >= 0.6 is 7.75 Å². The van der Waals surface area contributed by atoms with Crippen molar-refractivity contribution in [3.8, 4) is 11.6 Å². The number of nitrogen functional groups attached to an aromatic ring is 1. The van der Waals surface area contributed by atoms with Crippen molar-refractivity contribution in [1.29, 1.82) is 0 Å². The van der Waals surface area contributed by atoms with Gasteiger partial charge in [-0.15, -0.1) is 0 Å². The first-order chi connectivity index (χ1) is 21.6. The Hall–Kier alpha value is -3.85. The molecule has 4 aromatic rings. The Bertz CT molecular complexity index is 1770. The second-order valence-electron chi connectivity index (χ2n) is 12.5. The van der Waals surface area contributed by atoms with Crippen LogP contribution in [-0.4, -0.2) is 79.9 Å². The SMILES string of the molecule is COc1nc(N)nc2c1ncn2[C@@H]1O[C@H](COP(=O)(N[C@H](C)C(=O)OCC(C)(C)C)Oc2ccc3ccccc3c2)[C@@H](O)[C@@]1(C)O. The molecule has 2 aromatic carbocycles. The summed E-state index contributed by atoms with van der Waals surface area (Å²) >= 11 is 0. The lowest BCUT2D eigenvalue weighted by Gasteiger charge is -2.27. The van der Waals surface area contributed by atoms with E-state index in [1.165, 1.54) is 31.9 Å². The van der Waals surface area contributed by atoms with Gasteiger partial charge in [-0.25, -0.2) is 9.55 Å². The quantitative estimate of drug-likeness (QED) is 0.135. The third-order valence-corrected chi connectivity index (χ3v) is 8.96. The minimum Gasteiger partial charge on any atom is -0.479 e. The van der Waals surface area contributed by atoms with E-state index in [2.05, 4.69) is 20.0 Å². The molecule has 0 radical (unpaired) electrons. The fourth-order valence-corrected chi connectivity index (χ4v) is 6.42. The number of ether oxygens (including phenoxy) is 3. The van der Waals surface area contributed by atoms with E-state index in [1.807, 2.05) is 45.0 Å². The molecular formula is C30H39N6O9P. The molecule has 6 atom stereocenters. The summed E-state index contributed by atoms with van der Waals surface area (Å²) in [6, 6.07) is 11.5. The fourth-order valence-electron chi connectivity index (χ4n) is 4.93. The molecule has 5 rings (SSSR count). The number of fused-ring (bicyclic) bond motifs is 2. The number of aliphatic hydroxyl groups is 2. The van der Waals surface area contributed by atoms with Crippen LogP contribution in [0.4, 0.5) is 5.95 Å². The number of esters is 1. The predicted molar refractivity (Wildman–Crippen MR) is 168 cm³/mol. The molecule has 3 heterocycles. The summed E-state index contributed by atoms with van der Waals surface area (Å²) in [5.74, 6) is -0.437. The van der Waals surface area contributed by atoms with E-state index < -0.39 is 50.4 Å². The third-order valence-electron chi connectivity index (χ3n) is 7.32. The number of methoxy groups -OCH3 is 1. The highest BCUT2D eigenvalue weighted by atomic mass is 31.2. The zero-order valence-corrected chi connectivity index (χ0v) is 27.3. The smallest absolute Gasteiger partial charge is 0.459 e. The van der Waals surface area contributed by atoms with Gasteiger partial charge in [-0.3, -0.25) is 13.9 Å². The summed E-state index contributed by atoms with van der Waals surface area (Å²) in [5.41, 5.74) is 4.11. The van der Waals surface area contributed by atoms with E-state index in [9.17, 15) is 19.6 Å². The number of aromatic nitrogens is 4. The van der Waals surface area contributed by atoms with E-state index in [4.69, 9.17) is 29.0 Å². The van der Waals surface area contributed by atoms with Crippen molar-refractivity contribution in [2.45, 2.75) is 64.7 Å². The van der Waals surface area contributed by atoms with E-state index in [0.717, 1.165) is 10.8 Å². The van der Waals surface area contributed by atoms with Crippen LogP contribution in [0, 0.1) is 5.41 Å². The van der Waals surface area contributed by atoms with Gasteiger partial charge < -0.3 is 34.7 Å². The average molecular weight is 659 g/mol. The number of nitrogens with two attached hydrogens (primary N) is 1. The normalized spacial score (nSPS) is 23.7. The molecule has 0 aliphatic carbocycles. The number of imidazole rings is 1. The summed E-state index contributed by atoms with van der Waals surface area (Å²) in [7, 11) is -2.95. The van der Waals surface area contributed by atoms with Gasteiger partial charge in [0.2, 0.25) is 11.8 Å². The topological polar surface area (TPSA) is 202 Å². The Kier molecular flexibility index (Phi) is 9.28. The largest absolute Gasteiger partial charge is 0.479 e. The van der Waals surface area contributed by atoms with Crippen LogP contribution < -0.4 is 20.1 Å². The summed E-state index contributed by atoms with van der Waals surface area (Å²) in [6.07, 6.45) is -2.62. The molecule has 248 valence electrons. The minimum absolute atomic E-state index is 0.0998. The van der Waals surface area contributed by atoms with Gasteiger partial charge in [0.05, 0.1) is 26.7 Å². The highest BCUT2D eigenvalue weighted by molar-refractivity contribution is 7.52. The van der Waals surface area contributed by atoms with Crippen LogP contribution in [0.25, 0.3) is 21.9 Å². The Morgan fingerprint density at radius 3 is 2.63 bits per heavy atom. The standard InChI is InChI=1S/C30H39N6O9P/c1-17(26(38)42-15-29(2,3)4)35-46(40,45-20-12-11-18-9-7-8-10-19(18)13-20)43-14-21-23(37)30(5,39)27(44-21)36-16-32-22-24(36)33-28(31)34-25(22)41-6/h7-13,16-17,21,23,27,37,39H,14-15H2,1-6H3,(H,35,40)(H2,31,33,34)/t17-,21-,23-,27-,30-,46?/m1/s1. The average Bonchev–Trinajstić information content (AvgIpc) is 3.50. The number of anilines is 1. The van der Waals surface area contributed by atoms with E-state index in [-0.39, 0.29) is 40.8 Å². The lowest BCUT2D eigenvalue weighted by Crippen LogP contribution is -2.44. The first-order valence-corrected chi connectivity index (χ1v) is 16.1. The Balaban J connectivity index is 1.38. The van der Waals surface area contributed by atoms with Gasteiger partial charge in [0.15, 0.2) is 17.4 Å². The van der Waals surface area contributed by atoms with E-state index in [1.54, 1.807) is 18.2 Å². The van der Waals surface area contributed by atoms with Crippen LogP contribution in [0.2, 0.25) is 0 Å². The van der Waals surface area contributed by atoms with Crippen molar-refractivity contribution in [3.05, 3.63) is 48.8 Å². The first kappa shape index (κ1) is 33.5. The number of hydrogen-bond acceptors (Lipinski definition) is 13. The monoisotopic (exact) mass is 658 g/mol. The van der Waals surface area contributed by atoms with Crippen molar-refractivity contribution >= 4 is 41.6 Å². The van der Waals surface area contributed by atoms with Crippen LogP contribution in [-0.2, 0) is 23.4 Å². The number of nitrogens with zero attached hydrogens (tertiary/aromatic N) is 4. The van der Waals surface area contributed by atoms with Gasteiger partial charge in [-0.1, -0.05) is 51.1 Å². The van der Waals surface area contributed by atoms with Gasteiger partial charge in [0, 0.05) is 0 Å². The zero-order chi connectivity index (χ0) is 33.4. The second-order valence-corrected chi connectivity index (χ2v) is 14.2. The molecular weight excluding hydrogens is 619 g/mol. The van der Waals surface area contributed by atoms with Gasteiger partial charge in [0.25, 0.3) is 0 Å². The first-order valence-electron chi connectivity index (χ1n) is 14.6. The van der Waals surface area contributed by atoms with Crippen LogP contribution in [0.3, 0.4) is 0 Å². The van der Waals surface area contributed by atoms with Crippen LogP contribution in [0.15, 0.2) is 48.8 Å². The molecule has 0 bridgehead atoms. The Labute approximate surface area is 265 Å². The molecule has 1 aliphatic heterocycles. The van der Waals surface area contributed by atoms with Gasteiger partial charge in [0.1, 0.15) is 29.6 Å². The zero-order valence-electron chi connectivity index (χ0n) is 26.4. The van der Waals surface area contributed by atoms with E-state index in [0.29, 0.717) is 0 Å². The van der Waals surface area contributed by atoms with Crippen molar-refractivity contribution in [3.63, 3.8) is 0 Å². The second kappa shape index (κ2) is 12.7. The predicted octanol–water partition coefficient (Wildman–Crippen LogP) is 3.35. The Morgan fingerprint density at radius 1 is 1.22 bits per heavy atom. The summed E-state index contributed by atoms with van der Waals surface area (Å²) in [4.78, 5) is 25.3. The van der Waals surface area contributed by atoms with Gasteiger partial charge in [-0.2, -0.15) is 15.1 Å². The van der Waals surface area contributed by atoms with E-state index >= 15 is 0 Å².